The first-order valence-electron chi connectivity index (χ1n) is 4.57. The number of hydrogen-bond donors (Lipinski definition) is 2. The molecule has 1 rings (SSSR count). The average molecular weight is 305 g/mol. The summed E-state index contributed by atoms with van der Waals surface area (Å²) in [6.07, 6.45) is 1.27. The second-order valence-corrected chi connectivity index (χ2v) is 4.48. The van der Waals surface area contributed by atoms with Gasteiger partial charge < -0.3 is 10.8 Å². The first-order chi connectivity index (χ1) is 7.06. The van der Waals surface area contributed by atoms with Crippen LogP contribution in [0.4, 0.5) is 0 Å². The minimum Gasteiger partial charge on any atom is -0.396 e. The lowest BCUT2D eigenvalue weighted by Gasteiger charge is -2.14. The molecule has 1 aromatic rings. The summed E-state index contributed by atoms with van der Waals surface area (Å²) in [6.45, 7) is 0.111. The van der Waals surface area contributed by atoms with Crippen LogP contribution in [0.3, 0.4) is 0 Å². The van der Waals surface area contributed by atoms with Crippen molar-refractivity contribution in [1.29, 1.82) is 0 Å². The van der Waals surface area contributed by atoms with Crippen molar-refractivity contribution in [3.63, 3.8) is 0 Å². The summed E-state index contributed by atoms with van der Waals surface area (Å²) >= 11 is 17.7. The van der Waals surface area contributed by atoms with Crippen molar-refractivity contribution in [1.82, 2.24) is 0 Å². The third-order valence-electron chi connectivity index (χ3n) is 2.09. The third-order valence-corrected chi connectivity index (χ3v) is 3.13. The molecule has 0 amide bonds. The van der Waals surface area contributed by atoms with Gasteiger partial charge in [-0.15, -0.1) is 12.4 Å². The van der Waals surface area contributed by atoms with E-state index in [0.717, 1.165) is 5.56 Å². The van der Waals surface area contributed by atoms with Crippen molar-refractivity contribution in [2.45, 2.75) is 18.9 Å². The molecule has 0 fully saturated rings. The molecular weight excluding hydrogens is 292 g/mol. The van der Waals surface area contributed by atoms with Gasteiger partial charge in [0.25, 0.3) is 0 Å². The topological polar surface area (TPSA) is 46.2 Å². The van der Waals surface area contributed by atoms with E-state index in [4.69, 9.17) is 45.6 Å². The zero-order valence-corrected chi connectivity index (χ0v) is 11.5. The van der Waals surface area contributed by atoms with E-state index in [0.29, 0.717) is 27.9 Å². The first-order valence-corrected chi connectivity index (χ1v) is 5.70. The summed E-state index contributed by atoms with van der Waals surface area (Å²) in [4.78, 5) is 0. The summed E-state index contributed by atoms with van der Waals surface area (Å²) in [5, 5.41) is 10.1. The zero-order valence-electron chi connectivity index (χ0n) is 8.42. The van der Waals surface area contributed by atoms with Crippen molar-refractivity contribution in [2.24, 2.45) is 5.73 Å². The lowest BCUT2D eigenvalue weighted by atomic mass is 10.0. The number of rotatable bonds is 4. The fourth-order valence-electron chi connectivity index (χ4n) is 1.31. The predicted octanol–water partition coefficient (Wildman–Crippen LogP) is 3.84. The highest BCUT2D eigenvalue weighted by Gasteiger charge is 2.13. The van der Waals surface area contributed by atoms with Crippen LogP contribution in [0.1, 0.15) is 24.4 Å². The number of aliphatic hydroxyl groups is 1. The van der Waals surface area contributed by atoms with Crippen molar-refractivity contribution < 1.29 is 5.11 Å². The molecule has 2 nitrogen and oxygen atoms in total. The molecule has 1 aromatic carbocycles. The van der Waals surface area contributed by atoms with Crippen LogP contribution < -0.4 is 5.73 Å². The zero-order chi connectivity index (χ0) is 11.4. The van der Waals surface area contributed by atoms with Gasteiger partial charge in [-0.05, 0) is 30.5 Å². The van der Waals surface area contributed by atoms with Gasteiger partial charge in [-0.2, -0.15) is 0 Å². The maximum atomic E-state index is 8.70. The molecule has 0 aromatic heterocycles. The highest BCUT2D eigenvalue weighted by Crippen LogP contribution is 2.33. The fourth-order valence-corrected chi connectivity index (χ4v) is 2.07. The highest BCUT2D eigenvalue weighted by molar-refractivity contribution is 6.43. The van der Waals surface area contributed by atoms with Crippen LogP contribution in [0, 0.1) is 0 Å². The van der Waals surface area contributed by atoms with Gasteiger partial charge in [0.2, 0.25) is 0 Å². The summed E-state index contributed by atoms with van der Waals surface area (Å²) < 4.78 is 0. The van der Waals surface area contributed by atoms with E-state index in [2.05, 4.69) is 0 Å². The van der Waals surface area contributed by atoms with Gasteiger partial charge in [-0.1, -0.05) is 34.8 Å². The lowest BCUT2D eigenvalue weighted by molar-refractivity contribution is 0.280. The van der Waals surface area contributed by atoms with E-state index in [9.17, 15) is 0 Å². The molecule has 0 aliphatic rings. The predicted molar refractivity (Wildman–Crippen MR) is 72.0 cm³/mol. The lowest BCUT2D eigenvalue weighted by Crippen LogP contribution is -2.11. The quantitative estimate of drug-likeness (QED) is 0.830. The Morgan fingerprint density at radius 3 is 2.44 bits per heavy atom. The van der Waals surface area contributed by atoms with Gasteiger partial charge in [-0.3, -0.25) is 0 Å². The van der Waals surface area contributed by atoms with Gasteiger partial charge >= 0.3 is 0 Å². The Balaban J connectivity index is 0.00000225. The van der Waals surface area contributed by atoms with Crippen molar-refractivity contribution >= 4 is 47.2 Å². The van der Waals surface area contributed by atoms with Crippen LogP contribution in [-0.2, 0) is 0 Å². The van der Waals surface area contributed by atoms with E-state index < -0.39 is 0 Å². The fraction of sp³-hybridized carbons (Fsp3) is 0.400. The maximum Gasteiger partial charge on any atom is 0.0641 e. The Bertz CT molecular complexity index is 346. The van der Waals surface area contributed by atoms with Crippen LogP contribution in [-0.4, -0.2) is 11.7 Å². The Morgan fingerprint density at radius 2 is 1.88 bits per heavy atom. The molecule has 0 aliphatic heterocycles. The van der Waals surface area contributed by atoms with Gasteiger partial charge in [0.1, 0.15) is 0 Å². The molecule has 0 saturated heterocycles. The van der Waals surface area contributed by atoms with Crippen molar-refractivity contribution in [2.75, 3.05) is 6.61 Å². The Labute approximate surface area is 116 Å². The SMILES string of the molecule is Cl.N[C@H](CCCO)c1cc(Cl)cc(Cl)c1Cl. The summed E-state index contributed by atoms with van der Waals surface area (Å²) in [5.74, 6) is 0. The molecule has 6 heteroatoms. The molecule has 0 unspecified atom stereocenters. The molecule has 92 valence electrons. The summed E-state index contributed by atoms with van der Waals surface area (Å²) in [7, 11) is 0. The number of nitrogens with two attached hydrogens (primary N) is 1. The summed E-state index contributed by atoms with van der Waals surface area (Å²) in [6, 6.07) is 3.03. The van der Waals surface area contributed by atoms with Crippen LogP contribution in [0.25, 0.3) is 0 Å². The van der Waals surface area contributed by atoms with Gasteiger partial charge in [0, 0.05) is 17.7 Å². The highest BCUT2D eigenvalue weighted by atomic mass is 35.5. The minimum absolute atomic E-state index is 0. The van der Waals surface area contributed by atoms with Crippen LogP contribution in [0.2, 0.25) is 15.1 Å². The second-order valence-electron chi connectivity index (χ2n) is 3.26. The average Bonchev–Trinajstić information content (AvgIpc) is 2.19. The molecule has 0 aliphatic carbocycles. The molecule has 0 spiro atoms. The van der Waals surface area contributed by atoms with Crippen LogP contribution >= 0.6 is 47.2 Å². The largest absolute Gasteiger partial charge is 0.396 e. The molecular formula is C10H13Cl4NO. The Hall–Kier alpha value is 0.300. The Kier molecular flexibility index (Phi) is 7.73. The maximum absolute atomic E-state index is 8.70. The molecule has 0 heterocycles. The number of hydrogen-bond acceptors (Lipinski definition) is 2. The van der Waals surface area contributed by atoms with Gasteiger partial charge in [-0.25, -0.2) is 0 Å². The van der Waals surface area contributed by atoms with Gasteiger partial charge in [0.05, 0.1) is 10.0 Å². The molecule has 1 atom stereocenters. The van der Waals surface area contributed by atoms with E-state index in [-0.39, 0.29) is 25.1 Å². The number of aliphatic hydroxyl groups excluding tert-OH is 1. The second kappa shape index (κ2) is 7.59. The number of benzene rings is 1. The normalized spacial score (nSPS) is 12.1. The first kappa shape index (κ1) is 16.3. The van der Waals surface area contributed by atoms with E-state index in [1.807, 2.05) is 0 Å². The van der Waals surface area contributed by atoms with E-state index >= 15 is 0 Å². The van der Waals surface area contributed by atoms with Crippen molar-refractivity contribution in [3.05, 3.63) is 32.8 Å². The molecule has 0 saturated carbocycles. The Morgan fingerprint density at radius 1 is 1.25 bits per heavy atom. The monoisotopic (exact) mass is 303 g/mol. The van der Waals surface area contributed by atoms with E-state index in [1.54, 1.807) is 12.1 Å². The molecule has 0 radical (unpaired) electrons. The smallest absolute Gasteiger partial charge is 0.0641 e. The molecule has 3 N–H and O–H groups in total. The third kappa shape index (κ3) is 4.28. The molecule has 16 heavy (non-hydrogen) atoms. The molecule has 0 bridgehead atoms. The minimum atomic E-state index is -0.249. The standard InChI is InChI=1S/C10H12Cl3NO.ClH/c11-6-4-7(9(14)2-1-3-15)10(13)8(12)5-6;/h4-5,9,15H,1-3,14H2;1H/t9-;/m1./s1. The summed E-state index contributed by atoms with van der Waals surface area (Å²) in [5.41, 5.74) is 6.63. The number of halogens is 4. The van der Waals surface area contributed by atoms with Gasteiger partial charge in [0.15, 0.2) is 0 Å². The van der Waals surface area contributed by atoms with Crippen molar-refractivity contribution in [3.8, 4) is 0 Å². The van der Waals surface area contributed by atoms with Crippen LogP contribution in [0.15, 0.2) is 12.1 Å². The van der Waals surface area contributed by atoms with E-state index in [1.165, 1.54) is 0 Å². The van der Waals surface area contributed by atoms with Crippen LogP contribution in [0.5, 0.6) is 0 Å².